The van der Waals surface area contributed by atoms with Gasteiger partial charge in [0, 0.05) is 39.9 Å². The number of hydrogen-bond acceptors (Lipinski definition) is 2. The molecule has 0 spiro atoms. The minimum atomic E-state index is -0.128. The maximum absolute atomic E-state index is 13.9. The van der Waals surface area contributed by atoms with Gasteiger partial charge in [0.05, 0.1) is 23.1 Å². The molecular weight excluding hydrogens is 528 g/mol. The van der Waals surface area contributed by atoms with E-state index in [1.165, 1.54) is 0 Å². The van der Waals surface area contributed by atoms with Crippen molar-refractivity contribution in [3.8, 4) is 5.69 Å². The van der Waals surface area contributed by atoms with Gasteiger partial charge in [-0.25, -0.2) is 4.68 Å². The quantitative estimate of drug-likeness (QED) is 0.284. The number of aromatic nitrogens is 4. The Balaban J connectivity index is 1.49. The first-order valence-electron chi connectivity index (χ1n) is 12.2. The van der Waals surface area contributed by atoms with E-state index in [1.54, 1.807) is 15.3 Å². The van der Waals surface area contributed by atoms with Crippen molar-refractivity contribution in [2.75, 3.05) is 0 Å². The summed E-state index contributed by atoms with van der Waals surface area (Å²) in [5.74, 6) is 0. The number of pyridine rings is 1. The van der Waals surface area contributed by atoms with Crippen molar-refractivity contribution in [2.24, 2.45) is 0 Å². The predicted molar refractivity (Wildman–Crippen MR) is 152 cm³/mol. The normalized spacial score (nSPS) is 11.5. The fourth-order valence-electron chi connectivity index (χ4n) is 5.14. The Kier molecular flexibility index (Phi) is 5.93. The number of hydrogen-bond donors (Lipinski definition) is 1. The summed E-state index contributed by atoms with van der Waals surface area (Å²) in [5, 5.41) is 1.72. The molecule has 0 atom stereocenters. The number of fused-ring (bicyclic) bond motifs is 2. The molecule has 0 radical (unpaired) electrons. The highest BCUT2D eigenvalue weighted by Gasteiger charge is 2.20. The summed E-state index contributed by atoms with van der Waals surface area (Å²) in [6.07, 6.45) is 2.68. The number of rotatable bonds is 6. The first-order chi connectivity index (χ1) is 18.0. The van der Waals surface area contributed by atoms with Gasteiger partial charge >= 0.3 is 0 Å². The van der Waals surface area contributed by atoms with E-state index in [-0.39, 0.29) is 11.1 Å². The Morgan fingerprint density at radius 2 is 1.62 bits per heavy atom. The van der Waals surface area contributed by atoms with Crippen LogP contribution in [0.25, 0.3) is 27.5 Å². The molecule has 0 aliphatic heterocycles. The van der Waals surface area contributed by atoms with Crippen LogP contribution in [0.15, 0.2) is 105 Å². The van der Waals surface area contributed by atoms with Crippen LogP contribution in [0.1, 0.15) is 16.8 Å². The van der Waals surface area contributed by atoms with E-state index in [4.69, 9.17) is 0 Å². The highest BCUT2D eigenvalue weighted by Crippen LogP contribution is 2.22. The standard InChI is InChI=1S/C30H25BrN4O2/c1-20-29-27(17-28(36)33(20)16-15-22-18-32-26-10-6-5-9-25(22)26)34(19-21-11-13-23(31)14-12-21)35(30(29)37)24-7-3-2-4-8-24/h2-14,17-18,32H,15-16,19H2,1H3. The van der Waals surface area contributed by atoms with Crippen LogP contribution < -0.4 is 11.1 Å². The third-order valence-corrected chi connectivity index (χ3v) is 7.53. The minimum absolute atomic E-state index is 0.111. The minimum Gasteiger partial charge on any atom is -0.361 e. The van der Waals surface area contributed by atoms with Gasteiger partial charge in [-0.15, -0.1) is 0 Å². The molecule has 0 saturated carbocycles. The molecule has 1 N–H and O–H groups in total. The number of benzene rings is 3. The molecule has 0 unspecified atom stereocenters. The zero-order valence-electron chi connectivity index (χ0n) is 20.3. The highest BCUT2D eigenvalue weighted by atomic mass is 79.9. The molecule has 0 saturated heterocycles. The smallest absolute Gasteiger partial charge is 0.281 e. The first-order valence-corrected chi connectivity index (χ1v) is 13.0. The highest BCUT2D eigenvalue weighted by molar-refractivity contribution is 9.10. The Morgan fingerprint density at radius 1 is 0.892 bits per heavy atom. The third-order valence-electron chi connectivity index (χ3n) is 7.00. The molecule has 0 aliphatic rings. The number of aryl methyl sites for hydroxylation is 2. The molecule has 37 heavy (non-hydrogen) atoms. The zero-order chi connectivity index (χ0) is 25.5. The van der Waals surface area contributed by atoms with Crippen LogP contribution in [0.4, 0.5) is 0 Å². The van der Waals surface area contributed by atoms with Crippen LogP contribution in [0.5, 0.6) is 0 Å². The average molecular weight is 553 g/mol. The summed E-state index contributed by atoms with van der Waals surface area (Å²) in [6.45, 7) is 2.82. The molecule has 184 valence electrons. The summed E-state index contributed by atoms with van der Waals surface area (Å²) in [7, 11) is 0. The summed E-state index contributed by atoms with van der Waals surface area (Å²) < 4.78 is 6.31. The summed E-state index contributed by atoms with van der Waals surface area (Å²) in [6, 6.07) is 27.3. The van der Waals surface area contributed by atoms with Gasteiger partial charge in [0.1, 0.15) is 0 Å². The van der Waals surface area contributed by atoms with Crippen molar-refractivity contribution in [2.45, 2.75) is 26.4 Å². The van der Waals surface area contributed by atoms with E-state index in [1.807, 2.05) is 90.6 Å². The van der Waals surface area contributed by atoms with Gasteiger partial charge in [-0.2, -0.15) is 0 Å². The van der Waals surface area contributed by atoms with Crippen molar-refractivity contribution >= 4 is 37.7 Å². The molecular formula is C30H25BrN4O2. The number of halogens is 1. The molecule has 0 bridgehead atoms. The van der Waals surface area contributed by atoms with Gasteiger partial charge in [0.15, 0.2) is 0 Å². The Labute approximate surface area is 221 Å². The largest absolute Gasteiger partial charge is 0.361 e. The average Bonchev–Trinajstić information content (AvgIpc) is 3.44. The van der Waals surface area contributed by atoms with Gasteiger partial charge in [-0.05, 0) is 54.8 Å². The molecule has 3 heterocycles. The molecule has 7 heteroatoms. The topological polar surface area (TPSA) is 64.7 Å². The second-order valence-electron chi connectivity index (χ2n) is 9.23. The van der Waals surface area contributed by atoms with E-state index in [0.29, 0.717) is 36.1 Å². The number of nitrogens with zero attached hydrogens (tertiary/aromatic N) is 3. The van der Waals surface area contributed by atoms with E-state index in [0.717, 1.165) is 32.2 Å². The van der Waals surface area contributed by atoms with Crippen molar-refractivity contribution < 1.29 is 0 Å². The van der Waals surface area contributed by atoms with Gasteiger partial charge in [0.25, 0.3) is 11.1 Å². The molecule has 3 aromatic carbocycles. The number of nitrogens with one attached hydrogen (secondary N) is 1. The maximum atomic E-state index is 13.9. The first kappa shape index (κ1) is 23.3. The SMILES string of the molecule is Cc1c2c(=O)n(-c3ccccc3)n(Cc3ccc(Br)cc3)c2cc(=O)n1CCc1c[nH]c2ccccc12. The van der Waals surface area contributed by atoms with Crippen LogP contribution in [0, 0.1) is 6.92 Å². The summed E-state index contributed by atoms with van der Waals surface area (Å²) in [4.78, 5) is 30.6. The fraction of sp³-hybridized carbons (Fsp3) is 0.133. The van der Waals surface area contributed by atoms with Crippen LogP contribution in [0.3, 0.4) is 0 Å². The van der Waals surface area contributed by atoms with Gasteiger partial charge < -0.3 is 9.55 Å². The Hall–Kier alpha value is -4.10. The summed E-state index contributed by atoms with van der Waals surface area (Å²) >= 11 is 3.49. The third kappa shape index (κ3) is 4.15. The second kappa shape index (κ2) is 9.41. The lowest BCUT2D eigenvalue weighted by Gasteiger charge is -2.14. The van der Waals surface area contributed by atoms with Gasteiger partial charge in [-0.1, -0.05) is 64.5 Å². The molecule has 6 aromatic rings. The van der Waals surface area contributed by atoms with Crippen LogP contribution in [-0.4, -0.2) is 18.9 Å². The van der Waals surface area contributed by atoms with Crippen LogP contribution >= 0.6 is 15.9 Å². The molecule has 0 amide bonds. The van der Waals surface area contributed by atoms with E-state index < -0.39 is 0 Å². The Morgan fingerprint density at radius 3 is 2.41 bits per heavy atom. The fourth-order valence-corrected chi connectivity index (χ4v) is 5.40. The van der Waals surface area contributed by atoms with Crippen molar-refractivity contribution in [3.05, 3.63) is 133 Å². The van der Waals surface area contributed by atoms with Crippen molar-refractivity contribution in [1.29, 1.82) is 0 Å². The predicted octanol–water partition coefficient (Wildman–Crippen LogP) is 5.80. The monoisotopic (exact) mass is 552 g/mol. The van der Waals surface area contributed by atoms with E-state index in [2.05, 4.69) is 27.0 Å². The molecule has 3 aromatic heterocycles. The number of para-hydroxylation sites is 2. The molecule has 6 nitrogen and oxygen atoms in total. The van der Waals surface area contributed by atoms with Gasteiger partial charge in [-0.3, -0.25) is 14.3 Å². The van der Waals surface area contributed by atoms with Gasteiger partial charge in [0.2, 0.25) is 0 Å². The van der Waals surface area contributed by atoms with Crippen LogP contribution in [0.2, 0.25) is 0 Å². The number of aromatic amines is 1. The van der Waals surface area contributed by atoms with Crippen molar-refractivity contribution in [3.63, 3.8) is 0 Å². The lowest BCUT2D eigenvalue weighted by atomic mass is 10.1. The molecule has 0 fully saturated rings. The van der Waals surface area contributed by atoms with Crippen molar-refractivity contribution in [1.82, 2.24) is 18.9 Å². The lowest BCUT2D eigenvalue weighted by molar-refractivity contribution is 0.611. The molecule has 0 aliphatic carbocycles. The zero-order valence-corrected chi connectivity index (χ0v) is 21.9. The van der Waals surface area contributed by atoms with Crippen LogP contribution in [-0.2, 0) is 19.5 Å². The Bertz CT molecular complexity index is 1860. The lowest BCUT2D eigenvalue weighted by Crippen LogP contribution is -2.24. The van der Waals surface area contributed by atoms with E-state index in [9.17, 15) is 9.59 Å². The second-order valence-corrected chi connectivity index (χ2v) is 10.1. The summed E-state index contributed by atoms with van der Waals surface area (Å²) in [5.41, 5.74) is 5.11. The number of H-pyrrole nitrogens is 1. The maximum Gasteiger partial charge on any atom is 0.281 e. The van der Waals surface area contributed by atoms with E-state index >= 15 is 0 Å². The molecule has 6 rings (SSSR count).